The lowest BCUT2D eigenvalue weighted by Gasteiger charge is -2.32. The number of carbonyl (C=O) groups excluding carboxylic acids is 1. The first-order valence-electron chi connectivity index (χ1n) is 9.83. The van der Waals surface area contributed by atoms with Gasteiger partial charge in [0, 0.05) is 5.69 Å². The number of amides is 1. The Morgan fingerprint density at radius 1 is 0.867 bits per heavy atom. The fourth-order valence-electron chi connectivity index (χ4n) is 3.49. The van der Waals surface area contributed by atoms with E-state index < -0.39 is 0 Å². The van der Waals surface area contributed by atoms with Crippen LogP contribution < -0.4 is 16.0 Å². The molecule has 5 heteroatoms. The number of anilines is 1. The van der Waals surface area contributed by atoms with Crippen molar-refractivity contribution in [3.05, 3.63) is 107 Å². The number of benzene rings is 3. The number of aryl methyl sites for hydroxylation is 2. The molecule has 4 rings (SSSR count). The molecule has 0 radical (unpaired) electrons. The molecular weight excluding hydrogens is 390 g/mol. The molecule has 1 amide bonds. The normalized spacial score (nSPS) is 15.9. The van der Waals surface area contributed by atoms with Crippen molar-refractivity contribution >= 4 is 34.6 Å². The molecular formula is C25H23N3OS. The smallest absolute Gasteiger partial charge is 0.256 e. The molecule has 1 atom stereocenters. The Morgan fingerprint density at radius 2 is 1.47 bits per heavy atom. The highest BCUT2D eigenvalue weighted by Crippen LogP contribution is 2.32. The molecule has 0 saturated carbocycles. The lowest BCUT2D eigenvalue weighted by molar-refractivity contribution is -0.113. The first-order chi connectivity index (χ1) is 14.5. The highest BCUT2D eigenvalue weighted by atomic mass is 32.1. The van der Waals surface area contributed by atoms with Gasteiger partial charge in [0.15, 0.2) is 5.11 Å². The second-order valence-electron chi connectivity index (χ2n) is 7.42. The summed E-state index contributed by atoms with van der Waals surface area (Å²) in [6.45, 7) is 4.06. The first kappa shape index (κ1) is 19.9. The van der Waals surface area contributed by atoms with Gasteiger partial charge in [-0.3, -0.25) is 4.79 Å². The standard InChI is InChI=1S/C25H23N3OS/c1-16-8-12-19(13-9-16)23-21(24(29)26-20-14-10-17(2)11-15-20)22(27-25(30)28-23)18-6-4-3-5-7-18/h3-15,23H,1-2H3,(H,26,29)(H2,27,28,30)/t23-/m0/s1. The molecule has 1 aliphatic heterocycles. The molecule has 0 saturated heterocycles. The zero-order valence-electron chi connectivity index (χ0n) is 16.9. The summed E-state index contributed by atoms with van der Waals surface area (Å²) in [5.41, 5.74) is 6.25. The molecule has 3 aromatic rings. The van der Waals surface area contributed by atoms with Crippen LogP contribution in [0.25, 0.3) is 5.70 Å². The topological polar surface area (TPSA) is 53.2 Å². The molecule has 30 heavy (non-hydrogen) atoms. The zero-order chi connectivity index (χ0) is 21.1. The van der Waals surface area contributed by atoms with Crippen molar-refractivity contribution in [1.82, 2.24) is 10.6 Å². The van der Waals surface area contributed by atoms with Gasteiger partial charge in [-0.05, 0) is 49.3 Å². The number of carbonyl (C=O) groups is 1. The van der Waals surface area contributed by atoms with E-state index in [0.717, 1.165) is 33.6 Å². The SMILES string of the molecule is Cc1ccc(NC(=O)C2=C(c3ccccc3)NC(=S)N[C@H]2c2ccc(C)cc2)cc1. The lowest BCUT2D eigenvalue weighted by Crippen LogP contribution is -2.45. The molecule has 0 aromatic heterocycles. The van der Waals surface area contributed by atoms with Gasteiger partial charge in [-0.15, -0.1) is 0 Å². The Morgan fingerprint density at radius 3 is 2.10 bits per heavy atom. The van der Waals surface area contributed by atoms with Crippen LogP contribution in [-0.4, -0.2) is 11.0 Å². The van der Waals surface area contributed by atoms with Crippen LogP contribution in [0.3, 0.4) is 0 Å². The van der Waals surface area contributed by atoms with Gasteiger partial charge < -0.3 is 16.0 Å². The van der Waals surface area contributed by atoms with Crippen molar-refractivity contribution in [3.8, 4) is 0 Å². The molecule has 1 aliphatic rings. The predicted octanol–water partition coefficient (Wildman–Crippen LogP) is 4.87. The third kappa shape index (κ3) is 4.26. The molecule has 1 heterocycles. The van der Waals surface area contributed by atoms with Crippen LogP contribution in [0.4, 0.5) is 5.69 Å². The molecule has 0 bridgehead atoms. The Balaban J connectivity index is 1.81. The van der Waals surface area contributed by atoms with Gasteiger partial charge in [-0.2, -0.15) is 0 Å². The van der Waals surface area contributed by atoms with Crippen LogP contribution in [0.2, 0.25) is 0 Å². The Labute approximate surface area is 182 Å². The summed E-state index contributed by atoms with van der Waals surface area (Å²) in [6.07, 6.45) is 0. The van der Waals surface area contributed by atoms with E-state index in [1.165, 1.54) is 0 Å². The summed E-state index contributed by atoms with van der Waals surface area (Å²) in [7, 11) is 0. The molecule has 0 spiro atoms. The monoisotopic (exact) mass is 413 g/mol. The van der Waals surface area contributed by atoms with Gasteiger partial charge >= 0.3 is 0 Å². The van der Waals surface area contributed by atoms with Crippen molar-refractivity contribution in [2.75, 3.05) is 5.32 Å². The third-order valence-electron chi connectivity index (χ3n) is 5.10. The van der Waals surface area contributed by atoms with E-state index in [-0.39, 0.29) is 11.9 Å². The molecule has 3 aromatic carbocycles. The van der Waals surface area contributed by atoms with Crippen LogP contribution in [0, 0.1) is 13.8 Å². The van der Waals surface area contributed by atoms with E-state index in [1.54, 1.807) is 0 Å². The molecule has 0 fully saturated rings. The van der Waals surface area contributed by atoms with Gasteiger partial charge in [0.2, 0.25) is 0 Å². The molecule has 0 unspecified atom stereocenters. The van der Waals surface area contributed by atoms with Crippen LogP contribution in [-0.2, 0) is 4.79 Å². The second-order valence-corrected chi connectivity index (χ2v) is 7.83. The van der Waals surface area contributed by atoms with E-state index in [9.17, 15) is 4.79 Å². The second kappa shape index (κ2) is 8.51. The first-order valence-corrected chi connectivity index (χ1v) is 10.2. The Bertz CT molecular complexity index is 1100. The summed E-state index contributed by atoms with van der Waals surface area (Å²) in [6, 6.07) is 25.4. The largest absolute Gasteiger partial charge is 0.351 e. The van der Waals surface area contributed by atoms with Crippen LogP contribution >= 0.6 is 12.2 Å². The number of hydrogen-bond donors (Lipinski definition) is 3. The van der Waals surface area contributed by atoms with Crippen LogP contribution in [0.1, 0.15) is 28.3 Å². The Kier molecular flexibility index (Phi) is 5.63. The van der Waals surface area contributed by atoms with Gasteiger partial charge in [-0.1, -0.05) is 77.9 Å². The fourth-order valence-corrected chi connectivity index (χ4v) is 3.71. The fraction of sp³-hybridized carbons (Fsp3) is 0.120. The highest BCUT2D eigenvalue weighted by molar-refractivity contribution is 7.80. The maximum Gasteiger partial charge on any atom is 0.256 e. The van der Waals surface area contributed by atoms with Gasteiger partial charge in [0.25, 0.3) is 5.91 Å². The number of thiocarbonyl (C=S) groups is 1. The van der Waals surface area contributed by atoms with E-state index in [4.69, 9.17) is 12.2 Å². The number of hydrogen-bond acceptors (Lipinski definition) is 2. The highest BCUT2D eigenvalue weighted by Gasteiger charge is 2.32. The Hall–Kier alpha value is -3.44. The lowest BCUT2D eigenvalue weighted by atomic mass is 9.91. The van der Waals surface area contributed by atoms with Crippen molar-refractivity contribution < 1.29 is 4.79 Å². The van der Waals surface area contributed by atoms with Crippen molar-refractivity contribution in [2.45, 2.75) is 19.9 Å². The summed E-state index contributed by atoms with van der Waals surface area (Å²) < 4.78 is 0. The minimum atomic E-state index is -0.361. The zero-order valence-corrected chi connectivity index (χ0v) is 17.7. The maximum atomic E-state index is 13.5. The van der Waals surface area contributed by atoms with E-state index >= 15 is 0 Å². The van der Waals surface area contributed by atoms with E-state index in [2.05, 4.69) is 16.0 Å². The van der Waals surface area contributed by atoms with Gasteiger partial charge in [-0.25, -0.2) is 0 Å². The van der Waals surface area contributed by atoms with Gasteiger partial charge in [0.1, 0.15) is 0 Å². The maximum absolute atomic E-state index is 13.5. The average Bonchev–Trinajstić information content (AvgIpc) is 2.76. The molecule has 4 nitrogen and oxygen atoms in total. The third-order valence-corrected chi connectivity index (χ3v) is 5.32. The summed E-state index contributed by atoms with van der Waals surface area (Å²) in [5.74, 6) is -0.175. The minimum absolute atomic E-state index is 0.175. The quantitative estimate of drug-likeness (QED) is 0.534. The number of rotatable bonds is 4. The predicted molar refractivity (Wildman–Crippen MR) is 126 cm³/mol. The van der Waals surface area contributed by atoms with E-state index in [0.29, 0.717) is 10.7 Å². The summed E-state index contributed by atoms with van der Waals surface area (Å²) in [4.78, 5) is 13.5. The molecule has 3 N–H and O–H groups in total. The van der Waals surface area contributed by atoms with E-state index in [1.807, 2.05) is 92.7 Å². The van der Waals surface area contributed by atoms with Crippen molar-refractivity contribution in [2.24, 2.45) is 0 Å². The average molecular weight is 414 g/mol. The van der Waals surface area contributed by atoms with Gasteiger partial charge in [0.05, 0.1) is 17.3 Å². The van der Waals surface area contributed by atoms with Crippen molar-refractivity contribution in [3.63, 3.8) is 0 Å². The number of nitrogens with one attached hydrogen (secondary N) is 3. The summed E-state index contributed by atoms with van der Waals surface area (Å²) in [5, 5.41) is 10.0. The summed E-state index contributed by atoms with van der Waals surface area (Å²) >= 11 is 5.48. The molecule has 150 valence electrons. The van der Waals surface area contributed by atoms with Crippen molar-refractivity contribution in [1.29, 1.82) is 0 Å². The minimum Gasteiger partial charge on any atom is -0.351 e. The van der Waals surface area contributed by atoms with Crippen LogP contribution in [0.5, 0.6) is 0 Å². The molecule has 0 aliphatic carbocycles. The van der Waals surface area contributed by atoms with Crippen LogP contribution in [0.15, 0.2) is 84.4 Å².